The molecule has 0 spiro atoms. The van der Waals surface area contributed by atoms with Crippen LogP contribution in [0.2, 0.25) is 0 Å². The van der Waals surface area contributed by atoms with E-state index in [4.69, 9.17) is 4.74 Å². The van der Waals surface area contributed by atoms with Crippen molar-refractivity contribution in [2.75, 3.05) is 11.9 Å². The van der Waals surface area contributed by atoms with Gasteiger partial charge in [0.15, 0.2) is 0 Å². The molecule has 0 aliphatic heterocycles. The normalized spacial score (nSPS) is 34.5. The van der Waals surface area contributed by atoms with Gasteiger partial charge in [-0.1, -0.05) is 15.9 Å². The number of hydrogen-bond acceptors (Lipinski definition) is 3. The van der Waals surface area contributed by atoms with Crippen LogP contribution in [0.4, 0.5) is 5.69 Å². The average molecular weight is 420 g/mol. The zero-order valence-corrected chi connectivity index (χ0v) is 16.8. The lowest BCUT2D eigenvalue weighted by molar-refractivity contribution is -0.123. The summed E-state index contributed by atoms with van der Waals surface area (Å²) in [4.78, 5) is 24.4. The quantitative estimate of drug-likeness (QED) is 0.543. The van der Waals surface area contributed by atoms with E-state index < -0.39 is 0 Å². The summed E-state index contributed by atoms with van der Waals surface area (Å²) in [5.74, 6) is 1.33. The predicted molar refractivity (Wildman–Crippen MR) is 104 cm³/mol. The molecule has 5 heteroatoms. The molecule has 4 nitrogen and oxygen atoms in total. The van der Waals surface area contributed by atoms with Crippen molar-refractivity contribution in [1.82, 2.24) is 0 Å². The fourth-order valence-corrected chi connectivity index (χ4v) is 7.50. The molecular weight excluding hydrogens is 394 g/mol. The van der Waals surface area contributed by atoms with Gasteiger partial charge in [-0.15, -0.1) is 0 Å². The molecule has 1 amide bonds. The molecule has 0 heterocycles. The molecule has 0 saturated heterocycles. The van der Waals surface area contributed by atoms with E-state index in [1.54, 1.807) is 31.2 Å². The Morgan fingerprint density at radius 1 is 1.15 bits per heavy atom. The van der Waals surface area contributed by atoms with Gasteiger partial charge in [0.1, 0.15) is 0 Å². The molecule has 4 aliphatic carbocycles. The van der Waals surface area contributed by atoms with Crippen LogP contribution in [0.1, 0.15) is 62.2 Å². The summed E-state index contributed by atoms with van der Waals surface area (Å²) in [5.41, 5.74) is 1.41. The number of hydrogen-bond donors (Lipinski definition) is 1. The largest absolute Gasteiger partial charge is 0.462 e. The highest BCUT2D eigenvalue weighted by molar-refractivity contribution is 9.10. The van der Waals surface area contributed by atoms with Gasteiger partial charge >= 0.3 is 5.97 Å². The first-order valence-corrected chi connectivity index (χ1v) is 10.4. The lowest BCUT2D eigenvalue weighted by atomic mass is 9.48. The van der Waals surface area contributed by atoms with Crippen LogP contribution in [-0.4, -0.2) is 22.8 Å². The van der Waals surface area contributed by atoms with E-state index in [1.165, 1.54) is 32.1 Å². The lowest BCUT2D eigenvalue weighted by Gasteiger charge is -2.60. The number of amides is 1. The topological polar surface area (TPSA) is 55.4 Å². The maximum absolute atomic E-state index is 12.7. The van der Waals surface area contributed by atoms with E-state index in [9.17, 15) is 9.59 Å². The van der Waals surface area contributed by atoms with Crippen molar-refractivity contribution in [3.63, 3.8) is 0 Å². The van der Waals surface area contributed by atoms with Gasteiger partial charge < -0.3 is 10.1 Å². The number of halogens is 1. The zero-order valence-electron chi connectivity index (χ0n) is 15.2. The molecule has 4 atom stereocenters. The Balaban J connectivity index is 1.39. The number of ether oxygens (including phenoxy) is 1. The minimum atomic E-state index is -0.332. The number of carbonyl (C=O) groups is 2. The smallest absolute Gasteiger partial charge is 0.338 e. The van der Waals surface area contributed by atoms with Crippen LogP contribution in [0.3, 0.4) is 0 Å². The van der Waals surface area contributed by atoms with E-state index >= 15 is 0 Å². The number of benzene rings is 1. The predicted octanol–water partition coefficient (Wildman–Crippen LogP) is 4.93. The SMILES string of the molecule is CCOC(=O)c1ccc(NC(=O)CC23C[C@@H]4C[C@@H](CC(Br)(C4)C2)C3)cc1. The Morgan fingerprint density at radius 3 is 2.38 bits per heavy atom. The molecule has 4 bridgehead atoms. The number of alkyl halides is 1. The maximum Gasteiger partial charge on any atom is 0.338 e. The molecule has 5 rings (SSSR count). The van der Waals surface area contributed by atoms with Gasteiger partial charge in [-0.05, 0) is 87.0 Å². The number of anilines is 1. The zero-order chi connectivity index (χ0) is 18.4. The van der Waals surface area contributed by atoms with Crippen LogP contribution in [-0.2, 0) is 9.53 Å². The first kappa shape index (κ1) is 18.0. The Kier molecular flexibility index (Phi) is 4.62. The summed E-state index contributed by atoms with van der Waals surface area (Å²) in [5, 5.41) is 3.02. The van der Waals surface area contributed by atoms with Gasteiger partial charge in [0, 0.05) is 16.4 Å². The summed E-state index contributed by atoms with van der Waals surface area (Å²) < 4.78 is 5.26. The van der Waals surface area contributed by atoms with Crippen molar-refractivity contribution in [2.45, 2.75) is 56.2 Å². The van der Waals surface area contributed by atoms with Crippen molar-refractivity contribution in [1.29, 1.82) is 0 Å². The van der Waals surface area contributed by atoms with E-state index in [0.29, 0.717) is 18.6 Å². The fraction of sp³-hybridized carbons (Fsp3) is 0.619. The van der Waals surface area contributed by atoms with Crippen molar-refractivity contribution in [2.24, 2.45) is 17.3 Å². The Hall–Kier alpha value is -1.36. The Bertz CT molecular complexity index is 700. The highest BCUT2D eigenvalue weighted by Gasteiger charge is 2.57. The Labute approximate surface area is 163 Å². The minimum Gasteiger partial charge on any atom is -0.462 e. The van der Waals surface area contributed by atoms with E-state index in [0.717, 1.165) is 23.9 Å². The van der Waals surface area contributed by atoms with Crippen LogP contribution in [0, 0.1) is 17.3 Å². The molecule has 1 aromatic rings. The van der Waals surface area contributed by atoms with Gasteiger partial charge in [-0.25, -0.2) is 4.79 Å². The van der Waals surface area contributed by atoms with Crippen molar-refractivity contribution >= 4 is 33.5 Å². The minimum absolute atomic E-state index is 0.0898. The number of esters is 1. The summed E-state index contributed by atoms with van der Waals surface area (Å²) in [6, 6.07) is 6.95. The highest BCUT2D eigenvalue weighted by atomic mass is 79.9. The molecule has 4 aliphatic rings. The molecule has 2 unspecified atom stereocenters. The third-order valence-corrected chi connectivity index (χ3v) is 7.25. The number of carbonyl (C=O) groups excluding carboxylic acids is 2. The van der Waals surface area contributed by atoms with Crippen LogP contribution < -0.4 is 5.32 Å². The van der Waals surface area contributed by atoms with Gasteiger partial charge in [0.05, 0.1) is 12.2 Å². The second kappa shape index (κ2) is 6.66. The van der Waals surface area contributed by atoms with E-state index in [1.807, 2.05) is 0 Å². The summed E-state index contributed by atoms with van der Waals surface area (Å²) in [7, 11) is 0. The van der Waals surface area contributed by atoms with Crippen LogP contribution in [0.15, 0.2) is 24.3 Å². The standard InChI is InChI=1S/C21H26BrNO3/c1-2-26-19(25)16-3-5-17(6-4-16)23-18(24)12-20-8-14-7-15(9-20)11-21(22,10-14)13-20/h3-6,14-15H,2,7-13H2,1H3,(H,23,24)/t14-,15+,20?,21?. The third-order valence-electron chi connectivity index (χ3n) is 6.33. The van der Waals surface area contributed by atoms with Crippen LogP contribution in [0.5, 0.6) is 0 Å². The first-order chi connectivity index (χ1) is 12.4. The second-order valence-corrected chi connectivity index (χ2v) is 10.3. The van der Waals surface area contributed by atoms with Gasteiger partial charge in [0.25, 0.3) is 0 Å². The average Bonchev–Trinajstić information content (AvgIpc) is 2.52. The monoisotopic (exact) mass is 419 g/mol. The number of nitrogens with one attached hydrogen (secondary N) is 1. The van der Waals surface area contributed by atoms with Gasteiger partial charge in [0.2, 0.25) is 5.91 Å². The molecule has 1 aromatic carbocycles. The lowest BCUT2D eigenvalue weighted by Crippen LogP contribution is -2.53. The molecule has 0 radical (unpaired) electrons. The summed E-state index contributed by atoms with van der Waals surface area (Å²) >= 11 is 4.01. The fourth-order valence-electron chi connectivity index (χ4n) is 5.99. The van der Waals surface area contributed by atoms with Gasteiger partial charge in [-0.2, -0.15) is 0 Å². The molecule has 140 valence electrons. The molecular formula is C21H26BrNO3. The molecule has 0 aromatic heterocycles. The molecule has 26 heavy (non-hydrogen) atoms. The highest BCUT2D eigenvalue weighted by Crippen LogP contribution is 2.65. The third kappa shape index (κ3) is 3.55. The van der Waals surface area contributed by atoms with Crippen LogP contribution in [0.25, 0.3) is 0 Å². The van der Waals surface area contributed by atoms with Crippen molar-refractivity contribution in [3.8, 4) is 0 Å². The van der Waals surface area contributed by atoms with Gasteiger partial charge in [-0.3, -0.25) is 4.79 Å². The van der Waals surface area contributed by atoms with Crippen molar-refractivity contribution in [3.05, 3.63) is 29.8 Å². The molecule has 4 fully saturated rings. The second-order valence-electron chi connectivity index (χ2n) is 8.63. The summed E-state index contributed by atoms with van der Waals surface area (Å²) in [6.45, 7) is 2.14. The molecule has 1 N–H and O–H groups in total. The van der Waals surface area contributed by atoms with E-state index in [2.05, 4.69) is 21.2 Å². The Morgan fingerprint density at radius 2 is 1.81 bits per heavy atom. The maximum atomic E-state index is 12.7. The number of rotatable bonds is 5. The van der Waals surface area contributed by atoms with Crippen LogP contribution >= 0.6 is 15.9 Å². The first-order valence-electron chi connectivity index (χ1n) is 9.65. The van der Waals surface area contributed by atoms with Crippen molar-refractivity contribution < 1.29 is 14.3 Å². The molecule has 4 saturated carbocycles. The van der Waals surface area contributed by atoms with E-state index in [-0.39, 0.29) is 21.6 Å². The summed E-state index contributed by atoms with van der Waals surface area (Å²) in [6.07, 6.45) is 8.05.